The molecule has 1 fully saturated rings. The number of amides is 3. The molecule has 3 amide bonds. The van der Waals surface area contributed by atoms with Crippen LogP contribution in [-0.4, -0.2) is 48.7 Å². The Labute approximate surface area is 187 Å². The maximum atomic E-state index is 13.0. The zero-order chi connectivity index (χ0) is 23.1. The van der Waals surface area contributed by atoms with Gasteiger partial charge in [0, 0.05) is 37.7 Å². The summed E-state index contributed by atoms with van der Waals surface area (Å²) in [6, 6.07) is 7.19. The van der Waals surface area contributed by atoms with Crippen LogP contribution in [0.3, 0.4) is 0 Å². The SMILES string of the molecule is Cc1cc(NC(=O)CCC(=O)N(CC(=O)NC[C@@H]2CCCO2)c2ccc(C)c(C)c2)no1. The van der Waals surface area contributed by atoms with Crippen LogP contribution in [0.15, 0.2) is 28.8 Å². The van der Waals surface area contributed by atoms with Crippen LogP contribution in [0.2, 0.25) is 0 Å². The number of carbonyl (C=O) groups is 3. The third kappa shape index (κ3) is 6.65. The summed E-state index contributed by atoms with van der Waals surface area (Å²) in [7, 11) is 0. The van der Waals surface area contributed by atoms with E-state index in [2.05, 4.69) is 15.8 Å². The quantitative estimate of drug-likeness (QED) is 0.617. The van der Waals surface area contributed by atoms with Gasteiger partial charge in [-0.25, -0.2) is 0 Å². The summed E-state index contributed by atoms with van der Waals surface area (Å²) in [4.78, 5) is 39.2. The number of benzene rings is 1. The van der Waals surface area contributed by atoms with E-state index in [0.29, 0.717) is 30.4 Å². The fraction of sp³-hybridized carbons (Fsp3) is 0.478. The molecule has 32 heavy (non-hydrogen) atoms. The lowest BCUT2D eigenvalue weighted by molar-refractivity contribution is -0.125. The van der Waals surface area contributed by atoms with E-state index < -0.39 is 0 Å². The standard InChI is InChI=1S/C23H30N4O5/c1-15-6-7-18(11-16(15)2)27(14-22(29)24-13-19-5-4-10-31-19)23(30)9-8-21(28)25-20-12-17(3)32-26-20/h6-7,11-12,19H,4-5,8-10,13-14H2,1-3H3,(H,24,29)(H,25,26,28)/t19-/m0/s1. The number of hydrogen-bond donors (Lipinski definition) is 2. The van der Waals surface area contributed by atoms with E-state index >= 15 is 0 Å². The summed E-state index contributed by atoms with van der Waals surface area (Å²) in [5, 5.41) is 9.16. The molecule has 172 valence electrons. The number of carbonyl (C=O) groups excluding carboxylic acids is 3. The number of nitrogens with one attached hydrogen (secondary N) is 2. The molecule has 1 saturated heterocycles. The summed E-state index contributed by atoms with van der Waals surface area (Å²) >= 11 is 0. The highest BCUT2D eigenvalue weighted by atomic mass is 16.5. The highest BCUT2D eigenvalue weighted by Crippen LogP contribution is 2.20. The molecule has 0 spiro atoms. The van der Waals surface area contributed by atoms with Crippen LogP contribution < -0.4 is 15.5 Å². The van der Waals surface area contributed by atoms with E-state index in [0.717, 1.165) is 24.0 Å². The minimum Gasteiger partial charge on any atom is -0.376 e. The van der Waals surface area contributed by atoms with Gasteiger partial charge in [-0.2, -0.15) is 0 Å². The van der Waals surface area contributed by atoms with Crippen molar-refractivity contribution in [3.05, 3.63) is 41.2 Å². The average molecular weight is 443 g/mol. The summed E-state index contributed by atoms with van der Waals surface area (Å²) in [6.07, 6.45) is 1.84. The molecule has 1 aromatic carbocycles. The zero-order valence-electron chi connectivity index (χ0n) is 18.8. The molecule has 1 aliphatic rings. The molecular weight excluding hydrogens is 412 g/mol. The van der Waals surface area contributed by atoms with Gasteiger partial charge in [-0.1, -0.05) is 11.2 Å². The summed E-state index contributed by atoms with van der Waals surface area (Å²) < 4.78 is 10.5. The molecule has 9 nitrogen and oxygen atoms in total. The lowest BCUT2D eigenvalue weighted by Crippen LogP contribution is -2.43. The van der Waals surface area contributed by atoms with Crippen LogP contribution in [0.1, 0.15) is 42.6 Å². The number of nitrogens with zero attached hydrogens (tertiary/aromatic N) is 2. The van der Waals surface area contributed by atoms with Crippen molar-refractivity contribution in [2.24, 2.45) is 0 Å². The Kier molecular flexibility index (Phi) is 7.99. The number of rotatable bonds is 9. The number of aromatic nitrogens is 1. The third-order valence-corrected chi connectivity index (χ3v) is 5.42. The monoisotopic (exact) mass is 442 g/mol. The van der Waals surface area contributed by atoms with Gasteiger partial charge in [0.25, 0.3) is 0 Å². The molecule has 2 heterocycles. The van der Waals surface area contributed by atoms with Crippen molar-refractivity contribution in [2.45, 2.75) is 52.6 Å². The van der Waals surface area contributed by atoms with Crippen molar-refractivity contribution < 1.29 is 23.6 Å². The predicted molar refractivity (Wildman–Crippen MR) is 119 cm³/mol. The van der Waals surface area contributed by atoms with Crippen LogP contribution in [0, 0.1) is 20.8 Å². The van der Waals surface area contributed by atoms with E-state index in [1.54, 1.807) is 13.0 Å². The molecular formula is C23H30N4O5. The van der Waals surface area contributed by atoms with Crippen molar-refractivity contribution in [3.63, 3.8) is 0 Å². The number of anilines is 2. The van der Waals surface area contributed by atoms with Crippen LogP contribution in [0.5, 0.6) is 0 Å². The first-order valence-electron chi connectivity index (χ1n) is 10.8. The third-order valence-electron chi connectivity index (χ3n) is 5.42. The zero-order valence-corrected chi connectivity index (χ0v) is 18.8. The molecule has 3 rings (SSSR count). The van der Waals surface area contributed by atoms with Crippen molar-refractivity contribution in [1.82, 2.24) is 10.5 Å². The van der Waals surface area contributed by atoms with E-state index in [1.165, 1.54) is 4.90 Å². The summed E-state index contributed by atoms with van der Waals surface area (Å²) in [5.41, 5.74) is 2.73. The largest absolute Gasteiger partial charge is 0.376 e. The van der Waals surface area contributed by atoms with Gasteiger partial charge in [0.2, 0.25) is 17.7 Å². The van der Waals surface area contributed by atoms with Gasteiger partial charge in [0.1, 0.15) is 12.3 Å². The van der Waals surface area contributed by atoms with Gasteiger partial charge in [0.15, 0.2) is 5.82 Å². The minimum atomic E-state index is -0.352. The molecule has 2 aromatic rings. The maximum Gasteiger partial charge on any atom is 0.240 e. The van der Waals surface area contributed by atoms with Gasteiger partial charge in [-0.3, -0.25) is 14.4 Å². The topological polar surface area (TPSA) is 114 Å². The van der Waals surface area contributed by atoms with Gasteiger partial charge in [-0.15, -0.1) is 0 Å². The number of hydrogen-bond acceptors (Lipinski definition) is 6. The predicted octanol–water partition coefficient (Wildman–Crippen LogP) is 2.65. The van der Waals surface area contributed by atoms with Crippen molar-refractivity contribution in [2.75, 3.05) is 29.9 Å². The highest BCUT2D eigenvalue weighted by Gasteiger charge is 2.22. The fourth-order valence-corrected chi connectivity index (χ4v) is 3.44. The Hall–Kier alpha value is -3.20. The van der Waals surface area contributed by atoms with Crippen molar-refractivity contribution >= 4 is 29.2 Å². The Morgan fingerprint density at radius 1 is 1.09 bits per heavy atom. The van der Waals surface area contributed by atoms with Gasteiger partial charge in [0.05, 0.1) is 6.10 Å². The van der Waals surface area contributed by atoms with Crippen LogP contribution in [0.4, 0.5) is 11.5 Å². The molecule has 0 radical (unpaired) electrons. The minimum absolute atomic E-state index is 0.0218. The molecule has 2 N–H and O–H groups in total. The molecule has 9 heteroatoms. The first-order valence-corrected chi connectivity index (χ1v) is 10.8. The molecule has 0 aliphatic carbocycles. The first kappa shape index (κ1) is 23.5. The van der Waals surface area contributed by atoms with E-state index in [1.807, 2.05) is 32.0 Å². The molecule has 1 atom stereocenters. The molecule has 0 saturated carbocycles. The van der Waals surface area contributed by atoms with Crippen molar-refractivity contribution in [3.8, 4) is 0 Å². The smallest absolute Gasteiger partial charge is 0.240 e. The van der Waals surface area contributed by atoms with Gasteiger partial charge < -0.3 is 24.8 Å². The lowest BCUT2D eigenvalue weighted by atomic mass is 10.1. The van der Waals surface area contributed by atoms with Crippen LogP contribution in [-0.2, 0) is 19.1 Å². The Bertz CT molecular complexity index is 965. The molecule has 1 aromatic heterocycles. The number of aryl methyl sites for hydroxylation is 3. The van der Waals surface area contributed by atoms with E-state index in [4.69, 9.17) is 9.26 Å². The second kappa shape index (κ2) is 10.9. The Morgan fingerprint density at radius 3 is 2.56 bits per heavy atom. The summed E-state index contributed by atoms with van der Waals surface area (Å²) in [5.74, 6) is -0.0538. The Morgan fingerprint density at radius 2 is 1.91 bits per heavy atom. The van der Waals surface area contributed by atoms with Crippen molar-refractivity contribution in [1.29, 1.82) is 0 Å². The molecule has 0 unspecified atom stereocenters. The molecule has 0 bridgehead atoms. The normalized spacial score (nSPS) is 15.4. The second-order valence-corrected chi connectivity index (χ2v) is 8.06. The van der Waals surface area contributed by atoms with Crippen LogP contribution in [0.25, 0.3) is 0 Å². The number of ether oxygens (including phenoxy) is 1. The van der Waals surface area contributed by atoms with E-state index in [-0.39, 0.29) is 43.2 Å². The second-order valence-electron chi connectivity index (χ2n) is 8.06. The van der Waals surface area contributed by atoms with Gasteiger partial charge >= 0.3 is 0 Å². The summed E-state index contributed by atoms with van der Waals surface area (Å²) in [6.45, 7) is 6.66. The van der Waals surface area contributed by atoms with E-state index in [9.17, 15) is 14.4 Å². The maximum absolute atomic E-state index is 13.0. The lowest BCUT2D eigenvalue weighted by Gasteiger charge is -2.23. The Balaban J connectivity index is 1.62. The van der Waals surface area contributed by atoms with Gasteiger partial charge in [-0.05, 0) is 56.9 Å². The first-order chi connectivity index (χ1) is 15.3. The highest BCUT2D eigenvalue weighted by molar-refractivity contribution is 6.01. The average Bonchev–Trinajstić information content (AvgIpc) is 3.42. The molecule has 1 aliphatic heterocycles. The fourth-order valence-electron chi connectivity index (χ4n) is 3.44. The van der Waals surface area contributed by atoms with Crippen LogP contribution >= 0.6 is 0 Å².